The third-order valence-corrected chi connectivity index (χ3v) is 3.13. The van der Waals surface area contributed by atoms with Gasteiger partial charge >= 0.3 is 0 Å². The summed E-state index contributed by atoms with van der Waals surface area (Å²) in [6.07, 6.45) is 9.74. The molecule has 0 saturated carbocycles. The van der Waals surface area contributed by atoms with Gasteiger partial charge in [0.15, 0.2) is 5.82 Å². The molecule has 21 heavy (non-hydrogen) atoms. The summed E-state index contributed by atoms with van der Waals surface area (Å²) < 4.78 is 1.67. The van der Waals surface area contributed by atoms with Crippen molar-refractivity contribution in [2.75, 3.05) is 11.9 Å². The second-order valence-electron chi connectivity index (χ2n) is 4.86. The minimum absolute atomic E-state index is 0.0244. The van der Waals surface area contributed by atoms with Gasteiger partial charge in [-0.1, -0.05) is 12.8 Å². The van der Waals surface area contributed by atoms with Crippen LogP contribution < -0.4 is 11.1 Å². The van der Waals surface area contributed by atoms with Crippen LogP contribution in [0.1, 0.15) is 32.1 Å². The number of hydrogen-bond donors (Lipinski definition) is 2. The highest BCUT2D eigenvalue weighted by molar-refractivity contribution is 5.90. The molecule has 2 rings (SSSR count). The molecule has 0 aromatic carbocycles. The normalized spacial score (nSPS) is 10.5. The van der Waals surface area contributed by atoms with E-state index in [0.29, 0.717) is 12.1 Å². The largest absolute Gasteiger partial charge is 0.330 e. The van der Waals surface area contributed by atoms with Crippen molar-refractivity contribution in [2.45, 2.75) is 32.1 Å². The van der Waals surface area contributed by atoms with E-state index in [1.54, 1.807) is 17.1 Å². The van der Waals surface area contributed by atoms with Crippen LogP contribution >= 0.6 is 0 Å². The quantitative estimate of drug-likeness (QED) is 0.728. The summed E-state index contributed by atoms with van der Waals surface area (Å²) in [5.74, 6) is 0.746. The molecule has 2 aromatic heterocycles. The standard InChI is InChI=1S/C15H21N5O/c16-9-4-2-1-3-6-15(21)19-13-7-8-14(17-12-13)20-11-5-10-18-20/h5,7-8,10-12H,1-4,6,9,16H2,(H,19,21). The highest BCUT2D eigenvalue weighted by Crippen LogP contribution is 2.10. The molecule has 0 spiro atoms. The third-order valence-electron chi connectivity index (χ3n) is 3.13. The molecule has 0 atom stereocenters. The zero-order chi connectivity index (χ0) is 14.9. The minimum atomic E-state index is 0.0244. The molecular formula is C15H21N5O. The number of rotatable bonds is 8. The highest BCUT2D eigenvalue weighted by Gasteiger charge is 2.03. The van der Waals surface area contributed by atoms with Crippen molar-refractivity contribution in [3.63, 3.8) is 0 Å². The average Bonchev–Trinajstić information content (AvgIpc) is 3.02. The molecule has 3 N–H and O–H groups in total. The van der Waals surface area contributed by atoms with E-state index in [4.69, 9.17) is 5.73 Å². The Balaban J connectivity index is 1.76. The number of nitrogens with zero attached hydrogens (tertiary/aromatic N) is 3. The molecule has 6 heteroatoms. The van der Waals surface area contributed by atoms with E-state index < -0.39 is 0 Å². The Hall–Kier alpha value is -2.21. The predicted molar refractivity (Wildman–Crippen MR) is 82.1 cm³/mol. The maximum atomic E-state index is 11.8. The first-order valence-electron chi connectivity index (χ1n) is 7.25. The molecule has 1 amide bonds. The zero-order valence-corrected chi connectivity index (χ0v) is 12.0. The van der Waals surface area contributed by atoms with Crippen LogP contribution in [-0.2, 0) is 4.79 Å². The molecular weight excluding hydrogens is 266 g/mol. The first-order valence-corrected chi connectivity index (χ1v) is 7.25. The maximum Gasteiger partial charge on any atom is 0.224 e. The molecule has 2 aromatic rings. The Morgan fingerprint density at radius 2 is 2.10 bits per heavy atom. The van der Waals surface area contributed by atoms with Gasteiger partial charge in [0.1, 0.15) is 0 Å². The van der Waals surface area contributed by atoms with E-state index >= 15 is 0 Å². The highest BCUT2D eigenvalue weighted by atomic mass is 16.1. The van der Waals surface area contributed by atoms with Crippen LogP contribution in [0.15, 0.2) is 36.8 Å². The SMILES string of the molecule is NCCCCCCC(=O)Nc1ccc(-n2cccn2)nc1. The van der Waals surface area contributed by atoms with Gasteiger partial charge in [0.25, 0.3) is 0 Å². The van der Waals surface area contributed by atoms with Gasteiger partial charge in [-0.3, -0.25) is 4.79 Å². The molecule has 0 radical (unpaired) electrons. The predicted octanol–water partition coefficient (Wildman–Crippen LogP) is 2.12. The van der Waals surface area contributed by atoms with Crippen LogP contribution in [0.4, 0.5) is 5.69 Å². The number of carbonyl (C=O) groups is 1. The topological polar surface area (TPSA) is 85.8 Å². The molecule has 0 aliphatic heterocycles. The van der Waals surface area contributed by atoms with Crippen molar-refractivity contribution in [1.82, 2.24) is 14.8 Å². The van der Waals surface area contributed by atoms with Crippen molar-refractivity contribution in [3.8, 4) is 5.82 Å². The lowest BCUT2D eigenvalue weighted by molar-refractivity contribution is -0.116. The molecule has 0 unspecified atom stereocenters. The number of hydrogen-bond acceptors (Lipinski definition) is 4. The zero-order valence-electron chi connectivity index (χ0n) is 12.0. The summed E-state index contributed by atoms with van der Waals surface area (Å²) in [5.41, 5.74) is 6.13. The summed E-state index contributed by atoms with van der Waals surface area (Å²) in [4.78, 5) is 16.0. The van der Waals surface area contributed by atoms with Gasteiger partial charge in [0.05, 0.1) is 11.9 Å². The van der Waals surface area contributed by atoms with Crippen molar-refractivity contribution in [2.24, 2.45) is 5.73 Å². The third kappa shape index (κ3) is 5.00. The monoisotopic (exact) mass is 287 g/mol. The Bertz CT molecular complexity index is 536. The van der Waals surface area contributed by atoms with E-state index in [9.17, 15) is 4.79 Å². The van der Waals surface area contributed by atoms with Gasteiger partial charge in [0.2, 0.25) is 5.91 Å². The fourth-order valence-electron chi connectivity index (χ4n) is 2.01. The number of amides is 1. The van der Waals surface area contributed by atoms with Crippen molar-refractivity contribution in [1.29, 1.82) is 0 Å². The van der Waals surface area contributed by atoms with Crippen LogP contribution in [0.2, 0.25) is 0 Å². The summed E-state index contributed by atoms with van der Waals surface area (Å²) >= 11 is 0. The number of carbonyl (C=O) groups excluding carboxylic acids is 1. The molecule has 0 fully saturated rings. The molecule has 0 aliphatic carbocycles. The van der Waals surface area contributed by atoms with Crippen LogP contribution in [0.25, 0.3) is 5.82 Å². The van der Waals surface area contributed by atoms with E-state index in [-0.39, 0.29) is 5.91 Å². The second-order valence-corrected chi connectivity index (χ2v) is 4.86. The molecule has 6 nitrogen and oxygen atoms in total. The fraction of sp³-hybridized carbons (Fsp3) is 0.400. The minimum Gasteiger partial charge on any atom is -0.330 e. The van der Waals surface area contributed by atoms with Crippen LogP contribution in [0, 0.1) is 0 Å². The lowest BCUT2D eigenvalue weighted by Gasteiger charge is -2.06. The Kier molecular flexibility index (Phi) is 5.90. The summed E-state index contributed by atoms with van der Waals surface area (Å²) in [6, 6.07) is 5.49. The molecule has 2 heterocycles. The number of anilines is 1. The number of pyridine rings is 1. The Labute approximate surface area is 124 Å². The van der Waals surface area contributed by atoms with Crippen molar-refractivity contribution >= 4 is 11.6 Å². The molecule has 0 saturated heterocycles. The first-order chi connectivity index (χ1) is 10.3. The first kappa shape index (κ1) is 15.2. The second kappa shape index (κ2) is 8.16. The van der Waals surface area contributed by atoms with Crippen LogP contribution in [0.5, 0.6) is 0 Å². The summed E-state index contributed by atoms with van der Waals surface area (Å²) in [5, 5.41) is 6.95. The Morgan fingerprint density at radius 3 is 2.76 bits per heavy atom. The van der Waals surface area contributed by atoms with Crippen LogP contribution in [0.3, 0.4) is 0 Å². The molecule has 0 bridgehead atoms. The van der Waals surface area contributed by atoms with Crippen molar-refractivity contribution in [3.05, 3.63) is 36.8 Å². The van der Waals surface area contributed by atoms with Gasteiger partial charge in [-0.25, -0.2) is 9.67 Å². The number of aromatic nitrogens is 3. The van der Waals surface area contributed by atoms with Gasteiger partial charge in [-0.05, 0) is 37.6 Å². The van der Waals surface area contributed by atoms with Gasteiger partial charge in [0, 0.05) is 18.8 Å². The van der Waals surface area contributed by atoms with Crippen molar-refractivity contribution < 1.29 is 4.79 Å². The number of unbranched alkanes of at least 4 members (excludes halogenated alkanes) is 3. The fourth-order valence-corrected chi connectivity index (χ4v) is 2.01. The molecule has 112 valence electrons. The summed E-state index contributed by atoms with van der Waals surface area (Å²) in [7, 11) is 0. The van der Waals surface area contributed by atoms with E-state index in [1.165, 1.54) is 0 Å². The van der Waals surface area contributed by atoms with E-state index in [1.807, 2.05) is 24.4 Å². The number of nitrogens with two attached hydrogens (primary N) is 1. The summed E-state index contributed by atoms with van der Waals surface area (Å²) in [6.45, 7) is 0.723. The molecule has 0 aliphatic rings. The van der Waals surface area contributed by atoms with E-state index in [0.717, 1.165) is 38.0 Å². The Morgan fingerprint density at radius 1 is 1.24 bits per heavy atom. The lowest BCUT2D eigenvalue weighted by Crippen LogP contribution is -2.11. The average molecular weight is 287 g/mol. The van der Waals surface area contributed by atoms with Gasteiger partial charge < -0.3 is 11.1 Å². The number of nitrogens with one attached hydrogen (secondary N) is 1. The maximum absolute atomic E-state index is 11.8. The van der Waals surface area contributed by atoms with E-state index in [2.05, 4.69) is 15.4 Å². The smallest absolute Gasteiger partial charge is 0.224 e. The van der Waals surface area contributed by atoms with Gasteiger partial charge in [-0.2, -0.15) is 5.10 Å². The van der Waals surface area contributed by atoms with Gasteiger partial charge in [-0.15, -0.1) is 0 Å². The lowest BCUT2D eigenvalue weighted by atomic mass is 10.1. The van der Waals surface area contributed by atoms with Crippen LogP contribution in [-0.4, -0.2) is 27.2 Å².